The summed E-state index contributed by atoms with van der Waals surface area (Å²) in [4.78, 5) is 0. The van der Waals surface area contributed by atoms with Gasteiger partial charge in [-0.05, 0) is 49.4 Å². The van der Waals surface area contributed by atoms with Gasteiger partial charge in [0.1, 0.15) is 0 Å². The molecule has 1 heteroatoms. The second kappa shape index (κ2) is 4.68. The zero-order valence-corrected chi connectivity index (χ0v) is 11.4. The van der Waals surface area contributed by atoms with E-state index in [1.165, 1.54) is 57.9 Å². The largest absolute Gasteiger partial charge is 0.313 e. The van der Waals surface area contributed by atoms with E-state index >= 15 is 0 Å². The van der Waals surface area contributed by atoms with Gasteiger partial charge in [0.2, 0.25) is 0 Å². The van der Waals surface area contributed by atoms with E-state index in [1.807, 2.05) is 0 Å². The number of hydrogen-bond acceptors (Lipinski definition) is 1. The molecule has 0 radical (unpaired) electrons. The number of rotatable bonds is 4. The van der Waals surface area contributed by atoms with Gasteiger partial charge in [-0.15, -0.1) is 0 Å². The summed E-state index contributed by atoms with van der Waals surface area (Å²) in [5, 5.41) is 3.87. The fourth-order valence-corrected chi connectivity index (χ4v) is 3.57. The van der Waals surface area contributed by atoms with Crippen molar-refractivity contribution >= 4 is 0 Å². The lowest BCUT2D eigenvalue weighted by atomic mass is 9.66. The number of nitrogens with one attached hydrogen (secondary N) is 1. The molecule has 16 heavy (non-hydrogen) atoms. The SMILES string of the molecule is CCC1(CNC2CCCC(C)(C)C2)CCC1. The van der Waals surface area contributed by atoms with Crippen LogP contribution in [0.1, 0.15) is 72.1 Å². The van der Waals surface area contributed by atoms with Crippen LogP contribution in [0.15, 0.2) is 0 Å². The molecule has 2 saturated carbocycles. The summed E-state index contributed by atoms with van der Waals surface area (Å²) in [5.41, 5.74) is 1.26. The smallest absolute Gasteiger partial charge is 0.00723 e. The van der Waals surface area contributed by atoms with Gasteiger partial charge < -0.3 is 5.32 Å². The van der Waals surface area contributed by atoms with E-state index in [1.54, 1.807) is 0 Å². The molecule has 0 spiro atoms. The zero-order valence-electron chi connectivity index (χ0n) is 11.4. The highest BCUT2D eigenvalue weighted by Crippen LogP contribution is 2.43. The van der Waals surface area contributed by atoms with Crippen molar-refractivity contribution in [2.75, 3.05) is 6.54 Å². The Morgan fingerprint density at radius 3 is 2.38 bits per heavy atom. The summed E-state index contributed by atoms with van der Waals surface area (Å²) in [6.45, 7) is 8.51. The molecular formula is C15H29N. The van der Waals surface area contributed by atoms with Crippen molar-refractivity contribution in [1.29, 1.82) is 0 Å². The highest BCUT2D eigenvalue weighted by molar-refractivity contribution is 4.91. The first kappa shape index (κ1) is 12.4. The van der Waals surface area contributed by atoms with Crippen molar-refractivity contribution in [3.05, 3.63) is 0 Å². The predicted octanol–water partition coefficient (Wildman–Crippen LogP) is 4.13. The molecule has 1 nitrogen and oxygen atoms in total. The molecule has 1 unspecified atom stereocenters. The highest BCUT2D eigenvalue weighted by Gasteiger charge is 2.36. The van der Waals surface area contributed by atoms with Crippen molar-refractivity contribution in [2.24, 2.45) is 10.8 Å². The van der Waals surface area contributed by atoms with E-state index in [9.17, 15) is 0 Å². The summed E-state index contributed by atoms with van der Waals surface area (Å²) in [7, 11) is 0. The molecule has 0 aromatic rings. The van der Waals surface area contributed by atoms with Gasteiger partial charge in [0.15, 0.2) is 0 Å². The molecule has 1 N–H and O–H groups in total. The van der Waals surface area contributed by atoms with E-state index in [-0.39, 0.29) is 0 Å². The molecule has 1 atom stereocenters. The van der Waals surface area contributed by atoms with E-state index in [0.29, 0.717) is 10.8 Å². The van der Waals surface area contributed by atoms with Crippen LogP contribution < -0.4 is 5.32 Å². The third-order valence-electron chi connectivity index (χ3n) is 5.14. The maximum absolute atomic E-state index is 3.87. The van der Waals surface area contributed by atoms with Gasteiger partial charge in [0.05, 0.1) is 0 Å². The molecule has 2 fully saturated rings. The molecule has 0 saturated heterocycles. The average Bonchev–Trinajstić information content (AvgIpc) is 2.15. The van der Waals surface area contributed by atoms with Gasteiger partial charge in [0.25, 0.3) is 0 Å². The van der Waals surface area contributed by atoms with Gasteiger partial charge in [-0.3, -0.25) is 0 Å². The van der Waals surface area contributed by atoms with Crippen molar-refractivity contribution in [3.8, 4) is 0 Å². The third kappa shape index (κ3) is 2.80. The standard InChI is InChI=1S/C15H29N/c1-4-15(9-6-10-15)12-16-13-7-5-8-14(2,3)11-13/h13,16H,4-12H2,1-3H3. The summed E-state index contributed by atoms with van der Waals surface area (Å²) in [6, 6.07) is 0.799. The van der Waals surface area contributed by atoms with Gasteiger partial charge in [-0.1, -0.05) is 33.6 Å². The first-order valence-corrected chi connectivity index (χ1v) is 7.29. The normalized spacial score (nSPS) is 32.1. The first-order chi connectivity index (χ1) is 7.55. The van der Waals surface area contributed by atoms with Gasteiger partial charge in [-0.2, -0.15) is 0 Å². The van der Waals surface area contributed by atoms with Gasteiger partial charge in [-0.25, -0.2) is 0 Å². The minimum absolute atomic E-state index is 0.578. The fraction of sp³-hybridized carbons (Fsp3) is 1.00. The Hall–Kier alpha value is -0.0400. The Balaban J connectivity index is 1.77. The maximum Gasteiger partial charge on any atom is 0.00723 e. The van der Waals surface area contributed by atoms with Gasteiger partial charge >= 0.3 is 0 Å². The van der Waals surface area contributed by atoms with E-state index < -0.39 is 0 Å². The Morgan fingerprint density at radius 2 is 1.88 bits per heavy atom. The molecular weight excluding hydrogens is 194 g/mol. The van der Waals surface area contributed by atoms with Crippen LogP contribution in [-0.4, -0.2) is 12.6 Å². The lowest BCUT2D eigenvalue weighted by molar-refractivity contribution is 0.105. The van der Waals surface area contributed by atoms with Crippen LogP contribution in [-0.2, 0) is 0 Å². The molecule has 0 heterocycles. The highest BCUT2D eigenvalue weighted by atomic mass is 14.9. The van der Waals surface area contributed by atoms with Crippen molar-refractivity contribution < 1.29 is 0 Å². The van der Waals surface area contributed by atoms with Crippen molar-refractivity contribution in [1.82, 2.24) is 5.32 Å². The van der Waals surface area contributed by atoms with Gasteiger partial charge in [0, 0.05) is 12.6 Å². The minimum Gasteiger partial charge on any atom is -0.313 e. The van der Waals surface area contributed by atoms with E-state index in [0.717, 1.165) is 6.04 Å². The first-order valence-electron chi connectivity index (χ1n) is 7.29. The van der Waals surface area contributed by atoms with Crippen molar-refractivity contribution in [3.63, 3.8) is 0 Å². The van der Waals surface area contributed by atoms with Crippen LogP contribution in [0.3, 0.4) is 0 Å². The Labute approximate surface area is 101 Å². The lowest BCUT2D eigenvalue weighted by Gasteiger charge is -2.44. The molecule has 0 aromatic heterocycles. The summed E-state index contributed by atoms with van der Waals surface area (Å²) >= 11 is 0. The molecule has 0 amide bonds. The Bertz CT molecular complexity index is 222. The minimum atomic E-state index is 0.578. The van der Waals surface area contributed by atoms with Crippen molar-refractivity contribution in [2.45, 2.75) is 78.2 Å². The molecule has 0 aromatic carbocycles. The second-order valence-corrected chi connectivity index (χ2v) is 7.05. The number of hydrogen-bond donors (Lipinski definition) is 1. The molecule has 0 aliphatic heterocycles. The summed E-state index contributed by atoms with van der Waals surface area (Å²) in [5.74, 6) is 0. The fourth-order valence-electron chi connectivity index (χ4n) is 3.57. The average molecular weight is 223 g/mol. The van der Waals surface area contributed by atoms with E-state index in [2.05, 4.69) is 26.1 Å². The maximum atomic E-state index is 3.87. The summed E-state index contributed by atoms with van der Waals surface area (Å²) in [6.07, 6.45) is 11.4. The second-order valence-electron chi connectivity index (χ2n) is 7.05. The molecule has 0 bridgehead atoms. The summed E-state index contributed by atoms with van der Waals surface area (Å²) < 4.78 is 0. The molecule has 2 aliphatic rings. The molecule has 2 aliphatic carbocycles. The molecule has 2 rings (SSSR count). The van der Waals surface area contributed by atoms with E-state index in [4.69, 9.17) is 0 Å². The Kier molecular flexibility index (Phi) is 3.63. The zero-order chi connectivity index (χ0) is 11.6. The predicted molar refractivity (Wildman–Crippen MR) is 70.6 cm³/mol. The van der Waals surface area contributed by atoms with Crippen LogP contribution in [0, 0.1) is 10.8 Å². The van der Waals surface area contributed by atoms with Crippen LogP contribution in [0.25, 0.3) is 0 Å². The Morgan fingerprint density at radius 1 is 1.12 bits per heavy atom. The quantitative estimate of drug-likeness (QED) is 0.756. The topological polar surface area (TPSA) is 12.0 Å². The van der Waals surface area contributed by atoms with Crippen LogP contribution in [0.4, 0.5) is 0 Å². The van der Waals surface area contributed by atoms with Crippen LogP contribution in [0.2, 0.25) is 0 Å². The monoisotopic (exact) mass is 223 g/mol. The molecule has 94 valence electrons. The van der Waals surface area contributed by atoms with Crippen LogP contribution in [0.5, 0.6) is 0 Å². The van der Waals surface area contributed by atoms with Crippen LogP contribution >= 0.6 is 0 Å². The third-order valence-corrected chi connectivity index (χ3v) is 5.14. The lowest BCUT2D eigenvalue weighted by Crippen LogP contribution is -2.45.